The fraction of sp³-hybridized carbons (Fsp3) is 0.696. The summed E-state index contributed by atoms with van der Waals surface area (Å²) in [6.07, 6.45) is 25.6. The van der Waals surface area contributed by atoms with Crippen molar-refractivity contribution in [3.8, 4) is 0 Å². The van der Waals surface area contributed by atoms with Crippen molar-refractivity contribution in [3.63, 3.8) is 0 Å². The highest BCUT2D eigenvalue weighted by atomic mass is 16.7. The first-order chi connectivity index (χ1) is 12.8. The molecule has 0 aromatic carbocycles. The third kappa shape index (κ3) is 14.0. The highest BCUT2D eigenvalue weighted by molar-refractivity contribution is 5.08. The zero-order valence-corrected chi connectivity index (χ0v) is 17.2. The van der Waals surface area contributed by atoms with E-state index in [2.05, 4.69) is 23.2 Å². The topological polar surface area (TPSA) is 25.4 Å². The molecule has 0 saturated carbocycles. The van der Waals surface area contributed by atoms with Crippen LogP contribution in [-0.4, -0.2) is 30.7 Å². The van der Waals surface area contributed by atoms with Crippen molar-refractivity contribution in [2.24, 2.45) is 0 Å². The summed E-state index contributed by atoms with van der Waals surface area (Å²) in [6.45, 7) is 1.05. The summed E-state index contributed by atoms with van der Waals surface area (Å²) in [7, 11) is 3.73. The maximum absolute atomic E-state index is 5.11. The standard InChI is InChI=1S/C23H40N2O/c1-25(26-2)21-16-14-12-10-8-6-4-3-5-7-9-11-13-15-18-23-19-17-20-24-22-23/h7,9,17,19-20,22H,3-6,8,10-16,18,21H2,1-2H3/b9-7-. The molecule has 0 saturated heterocycles. The van der Waals surface area contributed by atoms with Gasteiger partial charge in [0.2, 0.25) is 0 Å². The molecule has 0 amide bonds. The van der Waals surface area contributed by atoms with Crippen molar-refractivity contribution in [1.29, 1.82) is 0 Å². The molecular formula is C23H40N2O. The van der Waals surface area contributed by atoms with Gasteiger partial charge in [-0.3, -0.25) is 4.98 Å². The Morgan fingerprint density at radius 2 is 1.50 bits per heavy atom. The molecule has 1 heterocycles. The van der Waals surface area contributed by atoms with Crippen molar-refractivity contribution < 1.29 is 4.84 Å². The molecule has 26 heavy (non-hydrogen) atoms. The second-order valence-electron chi connectivity index (χ2n) is 7.23. The molecule has 0 N–H and O–H groups in total. The van der Waals surface area contributed by atoms with Crippen molar-refractivity contribution in [2.45, 2.75) is 83.5 Å². The second-order valence-corrected chi connectivity index (χ2v) is 7.23. The van der Waals surface area contributed by atoms with Gasteiger partial charge in [0, 0.05) is 26.0 Å². The molecule has 0 spiro atoms. The predicted molar refractivity (Wildman–Crippen MR) is 112 cm³/mol. The Morgan fingerprint density at radius 1 is 0.885 bits per heavy atom. The molecule has 1 aromatic rings. The van der Waals surface area contributed by atoms with Crippen LogP contribution in [0.4, 0.5) is 0 Å². The first-order valence-electron chi connectivity index (χ1n) is 10.6. The smallest absolute Gasteiger partial charge is 0.0575 e. The van der Waals surface area contributed by atoms with E-state index in [4.69, 9.17) is 4.84 Å². The van der Waals surface area contributed by atoms with Gasteiger partial charge in [0.25, 0.3) is 0 Å². The van der Waals surface area contributed by atoms with E-state index in [1.165, 1.54) is 82.6 Å². The second kappa shape index (κ2) is 17.2. The Labute approximate surface area is 161 Å². The molecule has 148 valence electrons. The van der Waals surface area contributed by atoms with Crippen LogP contribution in [0.25, 0.3) is 0 Å². The Bertz CT molecular complexity index is 433. The van der Waals surface area contributed by atoms with Gasteiger partial charge in [0.1, 0.15) is 0 Å². The lowest BCUT2D eigenvalue weighted by molar-refractivity contribution is -0.109. The molecule has 0 aliphatic heterocycles. The number of nitrogens with zero attached hydrogens (tertiary/aromatic N) is 2. The van der Waals surface area contributed by atoms with Crippen LogP contribution in [0.3, 0.4) is 0 Å². The number of hydrogen-bond acceptors (Lipinski definition) is 3. The fourth-order valence-corrected chi connectivity index (χ4v) is 3.12. The van der Waals surface area contributed by atoms with Gasteiger partial charge in [-0.05, 0) is 56.6 Å². The van der Waals surface area contributed by atoms with Crippen LogP contribution in [0.1, 0.15) is 82.6 Å². The predicted octanol–water partition coefficient (Wildman–Crippen LogP) is 6.35. The molecule has 1 aromatic heterocycles. The molecule has 0 atom stereocenters. The molecule has 0 bridgehead atoms. The summed E-state index contributed by atoms with van der Waals surface area (Å²) in [6, 6.07) is 4.19. The van der Waals surface area contributed by atoms with Crippen LogP contribution in [-0.2, 0) is 11.3 Å². The molecule has 3 nitrogen and oxygen atoms in total. The molecule has 0 fully saturated rings. The van der Waals surface area contributed by atoms with E-state index in [0.29, 0.717) is 0 Å². The van der Waals surface area contributed by atoms with Gasteiger partial charge in [-0.1, -0.05) is 56.7 Å². The first-order valence-corrected chi connectivity index (χ1v) is 10.6. The van der Waals surface area contributed by atoms with Gasteiger partial charge in [-0.15, -0.1) is 0 Å². The minimum atomic E-state index is 1.05. The van der Waals surface area contributed by atoms with Crippen LogP contribution in [0.15, 0.2) is 36.7 Å². The molecular weight excluding hydrogens is 320 g/mol. The fourth-order valence-electron chi connectivity index (χ4n) is 3.12. The number of aryl methyl sites for hydroxylation is 1. The Morgan fingerprint density at radius 3 is 2.12 bits per heavy atom. The van der Waals surface area contributed by atoms with Gasteiger partial charge in [0.05, 0.1) is 7.11 Å². The van der Waals surface area contributed by atoms with E-state index in [1.807, 2.05) is 30.6 Å². The van der Waals surface area contributed by atoms with Crippen molar-refractivity contribution >= 4 is 0 Å². The van der Waals surface area contributed by atoms with Gasteiger partial charge in [0.15, 0.2) is 0 Å². The number of allylic oxidation sites excluding steroid dienone is 2. The monoisotopic (exact) mass is 360 g/mol. The molecule has 0 unspecified atom stereocenters. The van der Waals surface area contributed by atoms with E-state index < -0.39 is 0 Å². The van der Waals surface area contributed by atoms with E-state index >= 15 is 0 Å². The summed E-state index contributed by atoms with van der Waals surface area (Å²) in [5.74, 6) is 0. The quantitative estimate of drug-likeness (QED) is 0.184. The Kier molecular flexibility index (Phi) is 15.1. The number of aromatic nitrogens is 1. The normalized spacial score (nSPS) is 11.7. The summed E-state index contributed by atoms with van der Waals surface area (Å²) in [5.41, 5.74) is 1.36. The summed E-state index contributed by atoms with van der Waals surface area (Å²) in [4.78, 5) is 9.28. The van der Waals surface area contributed by atoms with Gasteiger partial charge in [-0.25, -0.2) is 0 Å². The van der Waals surface area contributed by atoms with E-state index in [9.17, 15) is 0 Å². The number of rotatable bonds is 17. The molecule has 3 heteroatoms. The lowest BCUT2D eigenvalue weighted by atomic mass is 10.1. The number of hydrogen-bond donors (Lipinski definition) is 0. The molecule has 0 aliphatic rings. The van der Waals surface area contributed by atoms with Crippen LogP contribution in [0, 0.1) is 0 Å². The SMILES string of the molecule is CON(C)CCCCCCCCCC/C=C\CCCCc1cccnc1. The van der Waals surface area contributed by atoms with Crippen molar-refractivity contribution in [2.75, 3.05) is 20.7 Å². The average Bonchev–Trinajstić information content (AvgIpc) is 2.68. The average molecular weight is 361 g/mol. The zero-order valence-electron chi connectivity index (χ0n) is 17.2. The molecule has 1 rings (SSSR count). The van der Waals surface area contributed by atoms with Crippen LogP contribution >= 0.6 is 0 Å². The van der Waals surface area contributed by atoms with E-state index in [0.717, 1.165) is 13.0 Å². The highest BCUT2D eigenvalue weighted by Gasteiger charge is 1.96. The molecule has 0 aliphatic carbocycles. The van der Waals surface area contributed by atoms with Crippen LogP contribution in [0.5, 0.6) is 0 Å². The minimum absolute atomic E-state index is 1.05. The van der Waals surface area contributed by atoms with Crippen molar-refractivity contribution in [3.05, 3.63) is 42.2 Å². The third-order valence-corrected chi connectivity index (χ3v) is 4.88. The largest absolute Gasteiger partial charge is 0.303 e. The summed E-state index contributed by atoms with van der Waals surface area (Å²) >= 11 is 0. The van der Waals surface area contributed by atoms with Crippen LogP contribution < -0.4 is 0 Å². The number of unbranched alkanes of at least 4 members (excludes halogenated alkanes) is 10. The van der Waals surface area contributed by atoms with Gasteiger partial charge < -0.3 is 4.84 Å². The lowest BCUT2D eigenvalue weighted by Crippen LogP contribution is -2.17. The highest BCUT2D eigenvalue weighted by Crippen LogP contribution is 2.11. The number of pyridine rings is 1. The van der Waals surface area contributed by atoms with Gasteiger partial charge >= 0.3 is 0 Å². The van der Waals surface area contributed by atoms with E-state index in [1.54, 1.807) is 7.11 Å². The van der Waals surface area contributed by atoms with Crippen LogP contribution in [0.2, 0.25) is 0 Å². The Hall–Kier alpha value is -1.19. The maximum Gasteiger partial charge on any atom is 0.0575 e. The number of hydroxylamine groups is 2. The maximum atomic E-state index is 5.11. The minimum Gasteiger partial charge on any atom is -0.303 e. The summed E-state index contributed by atoms with van der Waals surface area (Å²) < 4.78 is 0. The Balaban J connectivity index is 1.77. The first kappa shape index (κ1) is 22.9. The third-order valence-electron chi connectivity index (χ3n) is 4.88. The van der Waals surface area contributed by atoms with Gasteiger partial charge in [-0.2, -0.15) is 5.06 Å². The summed E-state index contributed by atoms with van der Waals surface area (Å²) in [5, 5.41) is 1.91. The van der Waals surface area contributed by atoms with E-state index in [-0.39, 0.29) is 0 Å². The molecule has 0 radical (unpaired) electrons. The lowest BCUT2D eigenvalue weighted by Gasteiger charge is -2.12. The van der Waals surface area contributed by atoms with Crippen molar-refractivity contribution in [1.82, 2.24) is 10.0 Å². The zero-order chi connectivity index (χ0) is 18.7.